The van der Waals surface area contributed by atoms with Crippen LogP contribution in [0.2, 0.25) is 0 Å². The number of rotatable bonds is 2. The van der Waals surface area contributed by atoms with Crippen LogP contribution in [0.25, 0.3) is 22.2 Å². The van der Waals surface area contributed by atoms with Crippen molar-refractivity contribution in [1.82, 2.24) is 9.78 Å². The van der Waals surface area contributed by atoms with E-state index in [2.05, 4.69) is 24.3 Å². The van der Waals surface area contributed by atoms with Gasteiger partial charge in [-0.2, -0.15) is 10.4 Å². The normalized spacial score (nSPS) is 14.5. The summed E-state index contributed by atoms with van der Waals surface area (Å²) >= 11 is 0. The molecule has 0 aliphatic heterocycles. The number of hydrogen-bond acceptors (Lipinski definition) is 2. The summed E-state index contributed by atoms with van der Waals surface area (Å²) in [5.41, 5.74) is 5.14. The molecule has 112 valence electrons. The molecule has 4 rings (SSSR count). The molecule has 0 saturated heterocycles. The van der Waals surface area contributed by atoms with Crippen LogP contribution in [0, 0.1) is 11.3 Å². The van der Waals surface area contributed by atoms with Crippen molar-refractivity contribution in [2.24, 2.45) is 0 Å². The first-order chi connectivity index (χ1) is 11.4. The lowest BCUT2D eigenvalue weighted by Crippen LogP contribution is -2.03. The first kappa shape index (κ1) is 13.8. The predicted octanol–water partition coefficient (Wildman–Crippen LogP) is 4.85. The lowest BCUT2D eigenvalue weighted by atomic mass is 9.95. The van der Waals surface area contributed by atoms with Gasteiger partial charge in [-0.1, -0.05) is 24.3 Å². The second kappa shape index (κ2) is 5.73. The third-order valence-electron chi connectivity index (χ3n) is 4.40. The average Bonchev–Trinajstić information content (AvgIpc) is 3.01. The SMILES string of the molecule is N#Cc1ccc2c(C3=CCCCC3)n(-c3ccccc3)nc2c1. The molecule has 0 spiro atoms. The van der Waals surface area contributed by atoms with E-state index in [1.807, 2.05) is 41.1 Å². The molecule has 0 amide bonds. The van der Waals surface area contributed by atoms with Crippen molar-refractivity contribution in [2.75, 3.05) is 0 Å². The molecule has 0 saturated carbocycles. The van der Waals surface area contributed by atoms with E-state index in [9.17, 15) is 0 Å². The number of nitrogens with zero attached hydrogens (tertiary/aromatic N) is 3. The van der Waals surface area contributed by atoms with Crippen molar-refractivity contribution in [1.29, 1.82) is 5.26 Å². The van der Waals surface area contributed by atoms with E-state index in [-0.39, 0.29) is 0 Å². The third kappa shape index (κ3) is 2.43. The maximum Gasteiger partial charge on any atom is 0.0992 e. The van der Waals surface area contributed by atoms with Gasteiger partial charge in [-0.05, 0) is 61.6 Å². The van der Waals surface area contributed by atoms with Gasteiger partial charge in [0.05, 0.1) is 28.5 Å². The molecule has 3 aromatic rings. The lowest BCUT2D eigenvalue weighted by Gasteiger charge is -2.15. The van der Waals surface area contributed by atoms with E-state index in [4.69, 9.17) is 10.4 Å². The summed E-state index contributed by atoms with van der Waals surface area (Å²) in [5, 5.41) is 15.1. The highest BCUT2D eigenvalue weighted by Crippen LogP contribution is 2.33. The Morgan fingerprint density at radius 2 is 1.91 bits per heavy atom. The fourth-order valence-electron chi connectivity index (χ4n) is 3.27. The fraction of sp³-hybridized carbons (Fsp3) is 0.200. The van der Waals surface area contributed by atoms with Gasteiger partial charge in [0, 0.05) is 5.39 Å². The van der Waals surface area contributed by atoms with Crippen LogP contribution in [-0.4, -0.2) is 9.78 Å². The highest BCUT2D eigenvalue weighted by Gasteiger charge is 2.18. The monoisotopic (exact) mass is 299 g/mol. The van der Waals surface area contributed by atoms with Crippen LogP contribution >= 0.6 is 0 Å². The molecular weight excluding hydrogens is 282 g/mol. The summed E-state index contributed by atoms with van der Waals surface area (Å²) in [6, 6.07) is 18.2. The molecule has 0 radical (unpaired) electrons. The molecule has 1 heterocycles. The maximum atomic E-state index is 9.14. The molecule has 0 unspecified atom stereocenters. The highest BCUT2D eigenvalue weighted by atomic mass is 15.3. The number of fused-ring (bicyclic) bond motifs is 1. The van der Waals surface area contributed by atoms with Gasteiger partial charge in [0.1, 0.15) is 0 Å². The van der Waals surface area contributed by atoms with Crippen molar-refractivity contribution in [3.63, 3.8) is 0 Å². The Balaban J connectivity index is 2.00. The maximum absolute atomic E-state index is 9.14. The fourth-order valence-corrected chi connectivity index (χ4v) is 3.27. The predicted molar refractivity (Wildman–Crippen MR) is 92.2 cm³/mol. The van der Waals surface area contributed by atoms with Crippen LogP contribution in [0.5, 0.6) is 0 Å². The molecule has 23 heavy (non-hydrogen) atoms. The molecule has 1 aromatic heterocycles. The molecule has 3 heteroatoms. The second-order valence-corrected chi connectivity index (χ2v) is 5.91. The first-order valence-corrected chi connectivity index (χ1v) is 8.04. The standard InChI is InChI=1S/C20H17N3/c21-14-15-11-12-18-19(13-15)22-23(17-9-5-2-6-10-17)20(18)16-7-3-1-4-8-16/h2,5-7,9-13H,1,3-4,8H2. The van der Waals surface area contributed by atoms with Crippen molar-refractivity contribution in [3.8, 4) is 11.8 Å². The topological polar surface area (TPSA) is 41.6 Å². The third-order valence-corrected chi connectivity index (χ3v) is 4.40. The number of allylic oxidation sites excluding steroid dienone is 2. The van der Waals surface area contributed by atoms with Crippen molar-refractivity contribution < 1.29 is 0 Å². The number of aromatic nitrogens is 2. The summed E-state index contributed by atoms with van der Waals surface area (Å²) in [6.45, 7) is 0. The molecule has 0 fully saturated rings. The largest absolute Gasteiger partial charge is 0.232 e. The van der Waals surface area contributed by atoms with Gasteiger partial charge in [-0.3, -0.25) is 0 Å². The van der Waals surface area contributed by atoms with Gasteiger partial charge in [0.15, 0.2) is 0 Å². The Bertz CT molecular complexity index is 927. The molecule has 3 nitrogen and oxygen atoms in total. The molecule has 0 atom stereocenters. The molecule has 2 aromatic carbocycles. The summed E-state index contributed by atoms with van der Waals surface area (Å²) < 4.78 is 2.03. The Labute approximate surface area is 135 Å². The van der Waals surface area contributed by atoms with Crippen LogP contribution in [0.15, 0.2) is 54.6 Å². The number of para-hydroxylation sites is 1. The number of nitriles is 1. The minimum absolute atomic E-state index is 0.652. The minimum Gasteiger partial charge on any atom is -0.232 e. The van der Waals surface area contributed by atoms with E-state index < -0.39 is 0 Å². The Morgan fingerprint density at radius 1 is 1.04 bits per heavy atom. The second-order valence-electron chi connectivity index (χ2n) is 5.91. The van der Waals surface area contributed by atoms with Gasteiger partial charge in [-0.15, -0.1) is 0 Å². The quantitative estimate of drug-likeness (QED) is 0.678. The van der Waals surface area contributed by atoms with Gasteiger partial charge < -0.3 is 0 Å². The molecule has 0 bridgehead atoms. The van der Waals surface area contributed by atoms with E-state index in [1.165, 1.54) is 24.1 Å². The van der Waals surface area contributed by atoms with Crippen molar-refractivity contribution >= 4 is 16.5 Å². The minimum atomic E-state index is 0.652. The first-order valence-electron chi connectivity index (χ1n) is 8.04. The van der Waals surface area contributed by atoms with Crippen LogP contribution in [0.1, 0.15) is 36.9 Å². The average molecular weight is 299 g/mol. The van der Waals surface area contributed by atoms with Gasteiger partial charge in [-0.25, -0.2) is 4.68 Å². The molecule has 1 aliphatic carbocycles. The Morgan fingerprint density at radius 3 is 2.65 bits per heavy atom. The molecule has 1 aliphatic rings. The zero-order valence-corrected chi connectivity index (χ0v) is 12.9. The summed E-state index contributed by atoms with van der Waals surface area (Å²) in [4.78, 5) is 0. The van der Waals surface area contributed by atoms with Crippen LogP contribution in [0.3, 0.4) is 0 Å². The smallest absolute Gasteiger partial charge is 0.0992 e. The Hall–Kier alpha value is -2.86. The van der Waals surface area contributed by atoms with E-state index in [0.717, 1.165) is 29.4 Å². The zero-order chi connectivity index (χ0) is 15.6. The van der Waals surface area contributed by atoms with E-state index in [1.54, 1.807) is 0 Å². The van der Waals surface area contributed by atoms with Crippen molar-refractivity contribution in [3.05, 3.63) is 65.9 Å². The number of benzene rings is 2. The summed E-state index contributed by atoms with van der Waals surface area (Å²) in [5.74, 6) is 0. The number of hydrogen-bond donors (Lipinski definition) is 0. The van der Waals surface area contributed by atoms with E-state index in [0.29, 0.717) is 5.56 Å². The highest BCUT2D eigenvalue weighted by molar-refractivity contribution is 5.92. The van der Waals surface area contributed by atoms with E-state index >= 15 is 0 Å². The lowest BCUT2D eigenvalue weighted by molar-refractivity contribution is 0.734. The van der Waals surface area contributed by atoms with Crippen LogP contribution in [0.4, 0.5) is 0 Å². The summed E-state index contributed by atoms with van der Waals surface area (Å²) in [6.07, 6.45) is 7.06. The Kier molecular flexibility index (Phi) is 3.44. The van der Waals surface area contributed by atoms with Crippen molar-refractivity contribution in [2.45, 2.75) is 25.7 Å². The molecular formula is C20H17N3. The molecule has 0 N–H and O–H groups in total. The van der Waals surface area contributed by atoms with Crippen LogP contribution in [-0.2, 0) is 0 Å². The summed E-state index contributed by atoms with van der Waals surface area (Å²) in [7, 11) is 0. The van der Waals surface area contributed by atoms with Gasteiger partial charge >= 0.3 is 0 Å². The van der Waals surface area contributed by atoms with Gasteiger partial charge in [0.25, 0.3) is 0 Å². The van der Waals surface area contributed by atoms with Gasteiger partial charge in [0.2, 0.25) is 0 Å². The zero-order valence-electron chi connectivity index (χ0n) is 12.9. The van der Waals surface area contributed by atoms with Crippen LogP contribution < -0.4 is 0 Å².